The van der Waals surface area contributed by atoms with Crippen LogP contribution in [-0.2, 0) is 0 Å². The molecule has 100 valence electrons. The van der Waals surface area contributed by atoms with Crippen molar-refractivity contribution in [1.29, 1.82) is 0 Å². The molecule has 0 unspecified atom stereocenters. The second-order valence-corrected chi connectivity index (χ2v) is 6.20. The van der Waals surface area contributed by atoms with Gasteiger partial charge in [0.25, 0.3) is 6.01 Å². The number of rotatable bonds is 2. The number of oxazole rings is 1. The smallest absolute Gasteiger partial charge is 0.298 e. The van der Waals surface area contributed by atoms with Gasteiger partial charge in [0.15, 0.2) is 5.76 Å². The van der Waals surface area contributed by atoms with Gasteiger partial charge < -0.3 is 14.2 Å². The van der Waals surface area contributed by atoms with E-state index in [-0.39, 0.29) is 0 Å². The van der Waals surface area contributed by atoms with Crippen LogP contribution in [0.25, 0.3) is 10.6 Å². The minimum absolute atomic E-state index is 0.605. The fourth-order valence-electron chi connectivity index (χ4n) is 3.07. The molecule has 2 aromatic rings. The fourth-order valence-corrected chi connectivity index (χ4v) is 3.74. The highest BCUT2D eigenvalue weighted by atomic mass is 32.1. The SMILES string of the molecule is c1csc(-c2cnc(N3CCN4CCC3CC4)o2)c1. The first-order chi connectivity index (χ1) is 9.40. The lowest BCUT2D eigenvalue weighted by molar-refractivity contribution is 0.249. The van der Waals surface area contributed by atoms with E-state index < -0.39 is 0 Å². The van der Waals surface area contributed by atoms with Gasteiger partial charge in [0.2, 0.25) is 0 Å². The van der Waals surface area contributed by atoms with E-state index in [9.17, 15) is 0 Å². The zero-order valence-electron chi connectivity index (χ0n) is 10.8. The molecule has 0 aliphatic carbocycles. The lowest BCUT2D eigenvalue weighted by atomic mass is 10.1. The van der Waals surface area contributed by atoms with Crippen LogP contribution >= 0.6 is 11.3 Å². The summed E-state index contributed by atoms with van der Waals surface area (Å²) in [5, 5.41) is 2.07. The van der Waals surface area contributed by atoms with E-state index in [1.54, 1.807) is 11.3 Å². The monoisotopic (exact) mass is 275 g/mol. The summed E-state index contributed by atoms with van der Waals surface area (Å²) in [6.45, 7) is 4.61. The second kappa shape index (κ2) is 4.65. The van der Waals surface area contributed by atoms with Crippen molar-refractivity contribution < 1.29 is 4.42 Å². The van der Waals surface area contributed by atoms with Crippen molar-refractivity contribution in [2.24, 2.45) is 0 Å². The Morgan fingerprint density at radius 2 is 2.11 bits per heavy atom. The molecule has 0 spiro atoms. The average Bonchev–Trinajstić information content (AvgIpc) is 3.05. The molecule has 0 radical (unpaired) electrons. The predicted octanol–water partition coefficient (Wildman–Crippen LogP) is 2.69. The Balaban J connectivity index is 1.62. The molecule has 5 rings (SSSR count). The van der Waals surface area contributed by atoms with E-state index in [0.717, 1.165) is 29.7 Å². The number of piperidine rings is 1. The zero-order chi connectivity index (χ0) is 12.7. The first kappa shape index (κ1) is 11.5. The molecule has 0 saturated carbocycles. The van der Waals surface area contributed by atoms with E-state index in [0.29, 0.717) is 6.04 Å². The van der Waals surface area contributed by atoms with Crippen molar-refractivity contribution in [2.75, 3.05) is 31.1 Å². The Morgan fingerprint density at radius 1 is 1.21 bits per heavy atom. The van der Waals surface area contributed by atoms with Gasteiger partial charge in [-0.05, 0) is 24.3 Å². The Labute approximate surface area is 116 Å². The number of hydrogen-bond acceptors (Lipinski definition) is 5. The maximum Gasteiger partial charge on any atom is 0.298 e. The molecule has 0 amide bonds. The number of thiophene rings is 1. The van der Waals surface area contributed by atoms with Crippen LogP contribution in [0.2, 0.25) is 0 Å². The predicted molar refractivity (Wildman–Crippen MR) is 76.6 cm³/mol. The molecule has 0 atom stereocenters. The van der Waals surface area contributed by atoms with Crippen molar-refractivity contribution in [3.05, 3.63) is 23.7 Å². The lowest BCUT2D eigenvalue weighted by Gasteiger charge is -2.30. The lowest BCUT2D eigenvalue weighted by Crippen LogP contribution is -2.38. The first-order valence-corrected chi connectivity index (χ1v) is 7.77. The molecule has 3 fully saturated rings. The Morgan fingerprint density at radius 3 is 2.89 bits per heavy atom. The molecule has 2 bridgehead atoms. The van der Waals surface area contributed by atoms with E-state index in [4.69, 9.17) is 4.42 Å². The second-order valence-electron chi connectivity index (χ2n) is 5.25. The Hall–Kier alpha value is -1.33. The number of anilines is 1. The first-order valence-electron chi connectivity index (χ1n) is 6.89. The minimum Gasteiger partial charge on any atom is -0.423 e. The summed E-state index contributed by atoms with van der Waals surface area (Å²) in [6.07, 6.45) is 4.33. The molecule has 3 aliphatic rings. The summed E-state index contributed by atoms with van der Waals surface area (Å²) in [4.78, 5) is 10.6. The molecule has 0 N–H and O–H groups in total. The van der Waals surface area contributed by atoms with E-state index in [1.807, 2.05) is 12.3 Å². The van der Waals surface area contributed by atoms with Crippen LogP contribution in [0.5, 0.6) is 0 Å². The summed E-state index contributed by atoms with van der Waals surface area (Å²) < 4.78 is 5.98. The topological polar surface area (TPSA) is 32.5 Å². The molecule has 2 aromatic heterocycles. The van der Waals surface area contributed by atoms with Crippen molar-refractivity contribution in [1.82, 2.24) is 9.88 Å². The van der Waals surface area contributed by atoms with Gasteiger partial charge in [-0.1, -0.05) is 6.07 Å². The van der Waals surface area contributed by atoms with Gasteiger partial charge in [-0.25, -0.2) is 4.98 Å². The fraction of sp³-hybridized carbons (Fsp3) is 0.500. The van der Waals surface area contributed by atoms with E-state index >= 15 is 0 Å². The summed E-state index contributed by atoms with van der Waals surface area (Å²) >= 11 is 1.69. The van der Waals surface area contributed by atoms with E-state index in [1.165, 1.54) is 25.9 Å². The molecule has 19 heavy (non-hydrogen) atoms. The van der Waals surface area contributed by atoms with Crippen molar-refractivity contribution >= 4 is 17.4 Å². The number of hydrogen-bond donors (Lipinski definition) is 0. The highest BCUT2D eigenvalue weighted by Crippen LogP contribution is 2.31. The third kappa shape index (κ3) is 2.07. The van der Waals surface area contributed by atoms with Crippen LogP contribution in [0.15, 0.2) is 28.1 Å². The molecule has 5 heterocycles. The van der Waals surface area contributed by atoms with Crippen LogP contribution in [0.3, 0.4) is 0 Å². The Bertz CT molecular complexity index is 543. The number of aromatic nitrogens is 1. The largest absolute Gasteiger partial charge is 0.423 e. The molecule has 3 saturated heterocycles. The third-order valence-electron chi connectivity index (χ3n) is 4.16. The summed E-state index contributed by atoms with van der Waals surface area (Å²) in [5.41, 5.74) is 0. The zero-order valence-corrected chi connectivity index (χ0v) is 11.6. The van der Waals surface area contributed by atoms with Gasteiger partial charge >= 0.3 is 0 Å². The van der Waals surface area contributed by atoms with Crippen molar-refractivity contribution in [3.8, 4) is 10.6 Å². The Kier molecular flexibility index (Phi) is 2.81. The summed E-state index contributed by atoms with van der Waals surface area (Å²) in [5.74, 6) is 0.893. The van der Waals surface area contributed by atoms with Gasteiger partial charge in [0, 0.05) is 32.2 Å². The minimum atomic E-state index is 0.605. The number of fused-ring (bicyclic) bond motifs is 4. The maximum absolute atomic E-state index is 5.98. The van der Waals surface area contributed by atoms with Gasteiger partial charge in [-0.3, -0.25) is 0 Å². The quantitative estimate of drug-likeness (QED) is 0.843. The normalized spacial score (nSPS) is 26.6. The summed E-state index contributed by atoms with van der Waals surface area (Å²) in [6, 6.07) is 5.53. The molecule has 0 aromatic carbocycles. The highest BCUT2D eigenvalue weighted by Gasteiger charge is 2.31. The molecular formula is C14H17N3OS. The summed E-state index contributed by atoms with van der Waals surface area (Å²) in [7, 11) is 0. The van der Waals surface area contributed by atoms with Crippen molar-refractivity contribution in [3.63, 3.8) is 0 Å². The van der Waals surface area contributed by atoms with Gasteiger partial charge in [-0.15, -0.1) is 11.3 Å². The maximum atomic E-state index is 5.98. The van der Waals surface area contributed by atoms with Crippen LogP contribution in [0, 0.1) is 0 Å². The molecule has 3 aliphatic heterocycles. The van der Waals surface area contributed by atoms with Crippen LogP contribution in [0.1, 0.15) is 12.8 Å². The van der Waals surface area contributed by atoms with Gasteiger partial charge in [0.05, 0.1) is 11.1 Å². The van der Waals surface area contributed by atoms with Crippen LogP contribution in [0.4, 0.5) is 6.01 Å². The van der Waals surface area contributed by atoms with Crippen LogP contribution < -0.4 is 4.90 Å². The molecule has 4 nitrogen and oxygen atoms in total. The standard InChI is InChI=1S/C14H17N3OS/c1-2-13(19-9-1)12-10-15-14(18-12)17-8-7-16-5-3-11(17)4-6-16/h1-2,9-11H,3-8H2. The van der Waals surface area contributed by atoms with Crippen molar-refractivity contribution in [2.45, 2.75) is 18.9 Å². The molecule has 5 heteroatoms. The van der Waals surface area contributed by atoms with Crippen LogP contribution in [-0.4, -0.2) is 42.1 Å². The highest BCUT2D eigenvalue weighted by molar-refractivity contribution is 7.13. The van der Waals surface area contributed by atoms with Gasteiger partial charge in [-0.2, -0.15) is 0 Å². The van der Waals surface area contributed by atoms with Gasteiger partial charge in [0.1, 0.15) is 0 Å². The third-order valence-corrected chi connectivity index (χ3v) is 5.04. The average molecular weight is 275 g/mol. The number of nitrogens with zero attached hydrogens (tertiary/aromatic N) is 3. The molecular weight excluding hydrogens is 258 g/mol. The van der Waals surface area contributed by atoms with E-state index in [2.05, 4.69) is 26.2 Å².